The predicted octanol–water partition coefficient (Wildman–Crippen LogP) is 0.667. The fraction of sp³-hybridized carbons (Fsp3) is 0.545. The van der Waals surface area contributed by atoms with Gasteiger partial charge in [0.25, 0.3) is 0 Å². The van der Waals surface area contributed by atoms with Crippen molar-refractivity contribution >= 4 is 5.78 Å². The summed E-state index contributed by atoms with van der Waals surface area (Å²) >= 11 is 0. The van der Waals surface area contributed by atoms with Crippen molar-refractivity contribution in [3.05, 3.63) is 17.8 Å². The van der Waals surface area contributed by atoms with Crippen molar-refractivity contribution in [3.8, 4) is 5.88 Å². The maximum atomic E-state index is 12.0. The molecule has 16 heavy (non-hydrogen) atoms. The molecule has 1 aromatic rings. The number of Topliss-reactive ketones (excluding diaryl/α,β-unsaturated/α-hetero) is 1. The molecule has 0 bridgehead atoms. The molecule has 0 saturated carbocycles. The van der Waals surface area contributed by atoms with Crippen LogP contribution in [0.5, 0.6) is 5.88 Å². The van der Waals surface area contributed by atoms with Crippen LogP contribution in [0.1, 0.15) is 23.3 Å². The third kappa shape index (κ3) is 2.36. The average Bonchev–Trinajstić information content (AvgIpc) is 2.39. The Bertz CT molecular complexity index is 358. The third-order valence-electron chi connectivity index (χ3n) is 2.77. The van der Waals surface area contributed by atoms with Gasteiger partial charge >= 0.3 is 0 Å². The summed E-state index contributed by atoms with van der Waals surface area (Å²) in [5.41, 5.74) is 0.425. The van der Waals surface area contributed by atoms with Crippen LogP contribution >= 0.6 is 0 Å². The van der Waals surface area contributed by atoms with E-state index in [9.17, 15) is 4.79 Å². The van der Waals surface area contributed by atoms with Crippen LogP contribution in [-0.2, 0) is 0 Å². The molecule has 1 saturated heterocycles. The number of methoxy groups -OCH3 is 1. The standard InChI is InChI=1S/C11H15N3O2/c1-16-10-5-4-9(13-14-10)11(15)8-3-2-6-12-7-8/h4-5,8,12H,2-3,6-7H2,1H3. The molecule has 1 atom stereocenters. The first-order valence-electron chi connectivity index (χ1n) is 5.44. The number of rotatable bonds is 3. The van der Waals surface area contributed by atoms with Crippen LogP contribution < -0.4 is 10.1 Å². The Hall–Kier alpha value is -1.49. The average molecular weight is 221 g/mol. The second-order valence-corrected chi connectivity index (χ2v) is 3.87. The highest BCUT2D eigenvalue weighted by molar-refractivity contribution is 5.96. The minimum Gasteiger partial charge on any atom is -0.480 e. The molecule has 1 aromatic heterocycles. The number of carbonyl (C=O) groups is 1. The first kappa shape index (κ1) is 11.0. The van der Waals surface area contributed by atoms with E-state index in [0.29, 0.717) is 11.6 Å². The summed E-state index contributed by atoms with van der Waals surface area (Å²) < 4.78 is 4.90. The van der Waals surface area contributed by atoms with Gasteiger partial charge in [0.2, 0.25) is 5.88 Å². The minimum absolute atomic E-state index is 0.0384. The van der Waals surface area contributed by atoms with E-state index in [1.165, 1.54) is 7.11 Å². The van der Waals surface area contributed by atoms with Crippen LogP contribution in [0.2, 0.25) is 0 Å². The molecule has 0 radical (unpaired) electrons. The van der Waals surface area contributed by atoms with Crippen LogP contribution in [0.4, 0.5) is 0 Å². The Balaban J connectivity index is 2.07. The highest BCUT2D eigenvalue weighted by Crippen LogP contribution is 2.15. The topological polar surface area (TPSA) is 64.1 Å². The van der Waals surface area contributed by atoms with Crippen molar-refractivity contribution < 1.29 is 9.53 Å². The molecule has 2 heterocycles. The molecule has 86 valence electrons. The van der Waals surface area contributed by atoms with Crippen LogP contribution in [0, 0.1) is 5.92 Å². The van der Waals surface area contributed by atoms with Crippen LogP contribution in [0.15, 0.2) is 12.1 Å². The van der Waals surface area contributed by atoms with Gasteiger partial charge in [-0.1, -0.05) is 0 Å². The maximum Gasteiger partial charge on any atom is 0.233 e. The number of ether oxygens (including phenoxy) is 1. The number of hydrogen-bond acceptors (Lipinski definition) is 5. The van der Waals surface area contributed by atoms with E-state index >= 15 is 0 Å². The molecule has 1 aliphatic heterocycles. The lowest BCUT2D eigenvalue weighted by molar-refractivity contribution is 0.0893. The van der Waals surface area contributed by atoms with E-state index in [1.807, 2.05) is 0 Å². The lowest BCUT2D eigenvalue weighted by atomic mass is 9.93. The molecule has 1 aliphatic rings. The molecule has 5 nitrogen and oxygen atoms in total. The van der Waals surface area contributed by atoms with Gasteiger partial charge in [-0.15, -0.1) is 10.2 Å². The highest BCUT2D eigenvalue weighted by Gasteiger charge is 2.23. The Kier molecular flexibility index (Phi) is 3.46. The minimum atomic E-state index is 0.0384. The molecule has 0 spiro atoms. The predicted molar refractivity (Wildman–Crippen MR) is 58.5 cm³/mol. The highest BCUT2D eigenvalue weighted by atomic mass is 16.5. The molecule has 5 heteroatoms. The van der Waals surface area contributed by atoms with E-state index in [-0.39, 0.29) is 11.7 Å². The van der Waals surface area contributed by atoms with E-state index < -0.39 is 0 Å². The molecule has 0 aromatic carbocycles. The Morgan fingerprint density at radius 2 is 2.38 bits per heavy atom. The Labute approximate surface area is 94.2 Å². The molecular formula is C11H15N3O2. The third-order valence-corrected chi connectivity index (χ3v) is 2.77. The van der Waals surface area contributed by atoms with E-state index in [1.54, 1.807) is 12.1 Å². The van der Waals surface area contributed by atoms with Gasteiger partial charge in [0.15, 0.2) is 5.78 Å². The zero-order chi connectivity index (χ0) is 11.4. The zero-order valence-electron chi connectivity index (χ0n) is 9.27. The van der Waals surface area contributed by atoms with Crippen molar-refractivity contribution in [1.82, 2.24) is 15.5 Å². The van der Waals surface area contributed by atoms with E-state index in [0.717, 1.165) is 25.9 Å². The summed E-state index contributed by atoms with van der Waals surface area (Å²) in [6.45, 7) is 1.74. The Morgan fingerprint density at radius 3 is 2.94 bits per heavy atom. The number of hydrogen-bond donors (Lipinski definition) is 1. The van der Waals surface area contributed by atoms with Crippen LogP contribution in [-0.4, -0.2) is 36.2 Å². The SMILES string of the molecule is COc1ccc(C(=O)C2CCCNC2)nn1. The summed E-state index contributed by atoms with van der Waals surface area (Å²) in [7, 11) is 1.52. The van der Waals surface area contributed by atoms with Gasteiger partial charge in [-0.3, -0.25) is 4.79 Å². The molecule has 1 unspecified atom stereocenters. The summed E-state index contributed by atoms with van der Waals surface area (Å²) in [5, 5.41) is 10.9. The number of carbonyl (C=O) groups excluding carboxylic acids is 1. The summed E-state index contributed by atoms with van der Waals surface area (Å²) in [4.78, 5) is 12.0. The van der Waals surface area contributed by atoms with Crippen molar-refractivity contribution in [1.29, 1.82) is 0 Å². The van der Waals surface area contributed by atoms with Crippen molar-refractivity contribution in [2.24, 2.45) is 5.92 Å². The van der Waals surface area contributed by atoms with Crippen molar-refractivity contribution in [2.75, 3.05) is 20.2 Å². The first-order valence-corrected chi connectivity index (χ1v) is 5.44. The zero-order valence-corrected chi connectivity index (χ0v) is 9.27. The number of aromatic nitrogens is 2. The molecule has 2 rings (SSSR count). The van der Waals surface area contributed by atoms with E-state index in [4.69, 9.17) is 4.74 Å². The monoisotopic (exact) mass is 221 g/mol. The number of ketones is 1. The largest absolute Gasteiger partial charge is 0.480 e. The number of nitrogens with zero attached hydrogens (tertiary/aromatic N) is 2. The molecule has 1 fully saturated rings. The Morgan fingerprint density at radius 1 is 1.50 bits per heavy atom. The summed E-state index contributed by atoms with van der Waals surface area (Å²) in [6.07, 6.45) is 1.97. The van der Waals surface area contributed by atoms with Gasteiger partial charge in [-0.05, 0) is 25.5 Å². The van der Waals surface area contributed by atoms with Gasteiger partial charge in [-0.2, -0.15) is 0 Å². The second kappa shape index (κ2) is 5.03. The smallest absolute Gasteiger partial charge is 0.233 e. The van der Waals surface area contributed by atoms with Gasteiger partial charge in [0.05, 0.1) is 7.11 Å². The van der Waals surface area contributed by atoms with Crippen LogP contribution in [0.3, 0.4) is 0 Å². The first-order chi connectivity index (χ1) is 7.81. The van der Waals surface area contributed by atoms with Gasteiger partial charge in [0.1, 0.15) is 5.69 Å². The number of nitrogens with one attached hydrogen (secondary N) is 1. The molecule has 0 amide bonds. The molecule has 0 aliphatic carbocycles. The van der Waals surface area contributed by atoms with Gasteiger partial charge in [0, 0.05) is 18.5 Å². The molecule has 1 N–H and O–H groups in total. The lowest BCUT2D eigenvalue weighted by Gasteiger charge is -2.20. The summed E-state index contributed by atoms with van der Waals surface area (Å²) in [6, 6.07) is 3.33. The van der Waals surface area contributed by atoms with E-state index in [2.05, 4.69) is 15.5 Å². The van der Waals surface area contributed by atoms with Crippen molar-refractivity contribution in [2.45, 2.75) is 12.8 Å². The number of piperidine rings is 1. The van der Waals surface area contributed by atoms with Gasteiger partial charge < -0.3 is 10.1 Å². The fourth-order valence-corrected chi connectivity index (χ4v) is 1.85. The summed E-state index contributed by atoms with van der Waals surface area (Å²) in [5.74, 6) is 0.539. The van der Waals surface area contributed by atoms with Gasteiger partial charge in [-0.25, -0.2) is 0 Å². The fourth-order valence-electron chi connectivity index (χ4n) is 1.85. The quantitative estimate of drug-likeness (QED) is 0.760. The molecular weight excluding hydrogens is 206 g/mol. The second-order valence-electron chi connectivity index (χ2n) is 3.87. The van der Waals surface area contributed by atoms with Crippen molar-refractivity contribution in [3.63, 3.8) is 0 Å². The maximum absolute atomic E-state index is 12.0. The lowest BCUT2D eigenvalue weighted by Crippen LogP contribution is -2.34. The normalized spacial score (nSPS) is 20.4. The van der Waals surface area contributed by atoms with Crippen LogP contribution in [0.25, 0.3) is 0 Å².